The first-order chi connectivity index (χ1) is 6.68. The normalized spacial score (nSPS) is 25.6. The van der Waals surface area contributed by atoms with Gasteiger partial charge in [-0.25, -0.2) is 0 Å². The number of hydrogen-bond donors (Lipinski definition) is 0. The molecule has 1 aliphatic carbocycles. The molecule has 14 heavy (non-hydrogen) atoms. The van der Waals surface area contributed by atoms with E-state index < -0.39 is 0 Å². The lowest BCUT2D eigenvalue weighted by molar-refractivity contribution is -0.122. The minimum atomic E-state index is 0.241. The summed E-state index contributed by atoms with van der Waals surface area (Å²) in [5.41, 5.74) is 2.79. The molecule has 0 aliphatic heterocycles. The predicted molar refractivity (Wildman–Crippen MR) is 57.2 cm³/mol. The van der Waals surface area contributed by atoms with Crippen LogP contribution in [0.3, 0.4) is 0 Å². The number of carbonyl (C=O) groups excluding carboxylic acids is 1. The molecule has 1 heteroatoms. The summed E-state index contributed by atoms with van der Waals surface area (Å²) >= 11 is 0. The van der Waals surface area contributed by atoms with Gasteiger partial charge < -0.3 is 0 Å². The fourth-order valence-corrected chi connectivity index (χ4v) is 2.43. The SMILES string of the molecule is CC(=O)[C@@H]1Cc2ccccc2CC1C. The molecule has 0 saturated carbocycles. The van der Waals surface area contributed by atoms with E-state index in [1.54, 1.807) is 6.92 Å². The first-order valence-corrected chi connectivity index (χ1v) is 5.25. The number of rotatable bonds is 1. The highest BCUT2D eigenvalue weighted by Crippen LogP contribution is 2.30. The van der Waals surface area contributed by atoms with Crippen molar-refractivity contribution in [2.45, 2.75) is 26.7 Å². The van der Waals surface area contributed by atoms with Crippen LogP contribution in [0, 0.1) is 11.8 Å². The van der Waals surface area contributed by atoms with Crippen molar-refractivity contribution < 1.29 is 4.79 Å². The van der Waals surface area contributed by atoms with Crippen LogP contribution in [0.5, 0.6) is 0 Å². The highest BCUT2D eigenvalue weighted by Gasteiger charge is 2.27. The van der Waals surface area contributed by atoms with Crippen molar-refractivity contribution >= 4 is 5.78 Å². The quantitative estimate of drug-likeness (QED) is 0.662. The summed E-state index contributed by atoms with van der Waals surface area (Å²) < 4.78 is 0. The van der Waals surface area contributed by atoms with Gasteiger partial charge in [0.25, 0.3) is 0 Å². The topological polar surface area (TPSA) is 17.1 Å². The lowest BCUT2D eigenvalue weighted by Crippen LogP contribution is -2.28. The van der Waals surface area contributed by atoms with Crippen LogP contribution in [-0.4, -0.2) is 5.78 Å². The van der Waals surface area contributed by atoms with Crippen LogP contribution in [0.25, 0.3) is 0 Å². The standard InChI is InChI=1S/C13H16O/c1-9-7-11-5-3-4-6-12(11)8-13(9)10(2)14/h3-6,9,13H,7-8H2,1-2H3/t9?,13-/m1/s1. The molecular weight excluding hydrogens is 172 g/mol. The molecule has 1 nitrogen and oxygen atoms in total. The first-order valence-electron chi connectivity index (χ1n) is 5.25. The van der Waals surface area contributed by atoms with Crippen LogP contribution >= 0.6 is 0 Å². The fraction of sp³-hybridized carbons (Fsp3) is 0.462. The molecule has 0 fully saturated rings. The Bertz CT molecular complexity index is 354. The lowest BCUT2D eigenvalue weighted by atomic mass is 9.75. The maximum Gasteiger partial charge on any atom is 0.133 e. The number of carbonyl (C=O) groups is 1. The van der Waals surface area contributed by atoms with Gasteiger partial charge in [0.2, 0.25) is 0 Å². The summed E-state index contributed by atoms with van der Waals surface area (Å²) in [6.07, 6.45) is 1.99. The Hall–Kier alpha value is -1.11. The predicted octanol–water partition coefficient (Wildman–Crippen LogP) is 2.63. The zero-order valence-corrected chi connectivity index (χ0v) is 8.79. The molecule has 0 spiro atoms. The number of ketones is 1. The van der Waals surface area contributed by atoms with Crippen molar-refractivity contribution in [1.29, 1.82) is 0 Å². The third-order valence-corrected chi connectivity index (χ3v) is 3.31. The number of benzene rings is 1. The van der Waals surface area contributed by atoms with E-state index in [2.05, 4.69) is 31.2 Å². The van der Waals surface area contributed by atoms with Crippen LogP contribution in [0.4, 0.5) is 0 Å². The Labute approximate surface area is 85.1 Å². The van der Waals surface area contributed by atoms with E-state index in [0.717, 1.165) is 12.8 Å². The molecule has 0 N–H and O–H groups in total. The van der Waals surface area contributed by atoms with Crippen molar-refractivity contribution in [2.75, 3.05) is 0 Å². The zero-order chi connectivity index (χ0) is 10.1. The van der Waals surface area contributed by atoms with Gasteiger partial charge in [0.05, 0.1) is 0 Å². The fourth-order valence-electron chi connectivity index (χ4n) is 2.43. The van der Waals surface area contributed by atoms with Crippen molar-refractivity contribution in [1.82, 2.24) is 0 Å². The molecule has 1 aromatic rings. The molecule has 2 atom stereocenters. The monoisotopic (exact) mass is 188 g/mol. The lowest BCUT2D eigenvalue weighted by Gasteiger charge is -2.28. The smallest absolute Gasteiger partial charge is 0.133 e. The zero-order valence-electron chi connectivity index (χ0n) is 8.79. The van der Waals surface area contributed by atoms with Crippen molar-refractivity contribution in [3.63, 3.8) is 0 Å². The third-order valence-electron chi connectivity index (χ3n) is 3.31. The minimum Gasteiger partial charge on any atom is -0.300 e. The van der Waals surface area contributed by atoms with E-state index in [1.807, 2.05) is 0 Å². The molecule has 0 amide bonds. The van der Waals surface area contributed by atoms with Crippen LogP contribution in [0.15, 0.2) is 24.3 Å². The second kappa shape index (κ2) is 3.56. The van der Waals surface area contributed by atoms with E-state index in [-0.39, 0.29) is 5.92 Å². The van der Waals surface area contributed by atoms with E-state index in [4.69, 9.17) is 0 Å². The number of hydrogen-bond acceptors (Lipinski definition) is 1. The van der Waals surface area contributed by atoms with Gasteiger partial charge in [0.15, 0.2) is 0 Å². The summed E-state index contributed by atoms with van der Waals surface area (Å²) in [6.45, 7) is 3.90. The maximum absolute atomic E-state index is 11.4. The summed E-state index contributed by atoms with van der Waals surface area (Å²) in [6, 6.07) is 8.48. The van der Waals surface area contributed by atoms with Crippen molar-refractivity contribution in [3.8, 4) is 0 Å². The number of Topliss-reactive ketones (excluding diaryl/α,β-unsaturated/α-hetero) is 1. The maximum atomic E-state index is 11.4. The van der Waals surface area contributed by atoms with E-state index in [9.17, 15) is 4.79 Å². The summed E-state index contributed by atoms with van der Waals surface area (Å²) in [7, 11) is 0. The van der Waals surface area contributed by atoms with Gasteiger partial charge in [-0.15, -0.1) is 0 Å². The Morgan fingerprint density at radius 1 is 1.21 bits per heavy atom. The molecular formula is C13H16O. The Balaban J connectivity index is 2.31. The van der Waals surface area contributed by atoms with Gasteiger partial charge in [-0.3, -0.25) is 4.79 Å². The van der Waals surface area contributed by atoms with E-state index >= 15 is 0 Å². The molecule has 0 aromatic heterocycles. The Kier molecular flexibility index (Phi) is 2.40. The third kappa shape index (κ3) is 1.59. The molecule has 1 aliphatic rings. The van der Waals surface area contributed by atoms with Crippen LogP contribution < -0.4 is 0 Å². The van der Waals surface area contributed by atoms with Crippen LogP contribution in [0.1, 0.15) is 25.0 Å². The van der Waals surface area contributed by atoms with E-state index in [0.29, 0.717) is 11.7 Å². The van der Waals surface area contributed by atoms with Gasteiger partial charge in [0.1, 0.15) is 5.78 Å². The average molecular weight is 188 g/mol. The van der Waals surface area contributed by atoms with Crippen molar-refractivity contribution in [3.05, 3.63) is 35.4 Å². The first kappa shape index (κ1) is 9.45. The molecule has 0 radical (unpaired) electrons. The molecule has 2 rings (SSSR count). The molecule has 1 unspecified atom stereocenters. The molecule has 0 saturated heterocycles. The molecule has 74 valence electrons. The van der Waals surface area contributed by atoms with Gasteiger partial charge >= 0.3 is 0 Å². The van der Waals surface area contributed by atoms with Gasteiger partial charge in [0, 0.05) is 5.92 Å². The minimum absolute atomic E-state index is 0.241. The summed E-state index contributed by atoms with van der Waals surface area (Å²) in [5.74, 6) is 1.08. The van der Waals surface area contributed by atoms with Gasteiger partial charge in [-0.2, -0.15) is 0 Å². The summed E-state index contributed by atoms with van der Waals surface area (Å²) in [5, 5.41) is 0. The molecule has 1 aromatic carbocycles. The van der Waals surface area contributed by atoms with Crippen LogP contribution in [-0.2, 0) is 17.6 Å². The van der Waals surface area contributed by atoms with Crippen LogP contribution in [0.2, 0.25) is 0 Å². The summed E-state index contributed by atoms with van der Waals surface area (Å²) in [4.78, 5) is 11.4. The van der Waals surface area contributed by atoms with Gasteiger partial charge in [-0.05, 0) is 36.8 Å². The Morgan fingerprint density at radius 3 is 2.36 bits per heavy atom. The molecule has 0 bridgehead atoms. The highest BCUT2D eigenvalue weighted by molar-refractivity contribution is 5.79. The van der Waals surface area contributed by atoms with E-state index in [1.165, 1.54) is 11.1 Å². The highest BCUT2D eigenvalue weighted by atomic mass is 16.1. The largest absolute Gasteiger partial charge is 0.300 e. The number of fused-ring (bicyclic) bond motifs is 1. The van der Waals surface area contributed by atoms with Gasteiger partial charge in [-0.1, -0.05) is 31.2 Å². The van der Waals surface area contributed by atoms with Crippen molar-refractivity contribution in [2.24, 2.45) is 11.8 Å². The average Bonchev–Trinajstić information content (AvgIpc) is 2.16. The molecule has 0 heterocycles. The Morgan fingerprint density at radius 2 is 1.79 bits per heavy atom. The second-order valence-electron chi connectivity index (χ2n) is 4.37. The second-order valence-corrected chi connectivity index (χ2v) is 4.37.